The number of nitrogens with zero attached hydrogens (tertiary/aromatic N) is 1. The first-order chi connectivity index (χ1) is 11.1. The normalized spacial score (nSPS) is 28.6. The molecular formula is C19H23NO3. The van der Waals surface area contributed by atoms with E-state index in [2.05, 4.69) is 12.1 Å². The summed E-state index contributed by atoms with van der Waals surface area (Å²) in [6.45, 7) is 1.06. The Bertz CT molecular complexity index is 619. The van der Waals surface area contributed by atoms with Crippen LogP contribution in [0.15, 0.2) is 30.3 Å². The maximum Gasteiger partial charge on any atom is 0.308 e. The summed E-state index contributed by atoms with van der Waals surface area (Å²) in [5, 5.41) is 9.48. The summed E-state index contributed by atoms with van der Waals surface area (Å²) in [4.78, 5) is 26.4. The molecule has 2 aliphatic carbocycles. The van der Waals surface area contributed by atoms with E-state index < -0.39 is 5.97 Å². The van der Waals surface area contributed by atoms with E-state index in [9.17, 15) is 14.7 Å². The lowest BCUT2D eigenvalue weighted by Crippen LogP contribution is -2.37. The van der Waals surface area contributed by atoms with Gasteiger partial charge in [-0.15, -0.1) is 0 Å². The highest BCUT2D eigenvalue weighted by atomic mass is 16.4. The second-order valence-electron chi connectivity index (χ2n) is 7.60. The molecule has 23 heavy (non-hydrogen) atoms. The lowest BCUT2D eigenvalue weighted by molar-refractivity contribution is -0.143. The fraction of sp³-hybridized carbons (Fsp3) is 0.579. The molecular weight excluding hydrogens is 290 g/mol. The number of amides is 1. The van der Waals surface area contributed by atoms with Gasteiger partial charge in [0, 0.05) is 13.1 Å². The number of carboxylic acids is 1. The smallest absolute Gasteiger partial charge is 0.308 e. The van der Waals surface area contributed by atoms with Gasteiger partial charge in [0.15, 0.2) is 0 Å². The van der Waals surface area contributed by atoms with Gasteiger partial charge in [0.2, 0.25) is 5.91 Å². The Kier molecular flexibility index (Phi) is 3.43. The summed E-state index contributed by atoms with van der Waals surface area (Å²) in [5.41, 5.74) is 0.939. The maximum atomic E-state index is 13.0. The van der Waals surface area contributed by atoms with Gasteiger partial charge in [0.25, 0.3) is 0 Å². The summed E-state index contributed by atoms with van der Waals surface area (Å²) in [6.07, 6.45) is 4.92. The topological polar surface area (TPSA) is 57.6 Å². The molecule has 2 saturated carbocycles. The zero-order valence-electron chi connectivity index (χ0n) is 13.3. The average molecular weight is 313 g/mol. The number of aliphatic carboxylic acids is 1. The molecule has 1 aliphatic heterocycles. The fourth-order valence-corrected chi connectivity index (χ4v) is 4.20. The van der Waals surface area contributed by atoms with Crippen molar-refractivity contribution < 1.29 is 14.7 Å². The van der Waals surface area contributed by atoms with E-state index in [0.717, 1.165) is 32.1 Å². The second-order valence-corrected chi connectivity index (χ2v) is 7.60. The lowest BCUT2D eigenvalue weighted by Gasteiger charge is -2.23. The van der Waals surface area contributed by atoms with E-state index in [1.807, 2.05) is 23.1 Å². The molecule has 1 heterocycles. The average Bonchev–Trinajstić information content (AvgIpc) is 3.47. The van der Waals surface area contributed by atoms with Crippen LogP contribution in [-0.4, -0.2) is 35.0 Å². The Labute approximate surface area is 136 Å². The number of hydrogen-bond acceptors (Lipinski definition) is 2. The van der Waals surface area contributed by atoms with Gasteiger partial charge >= 0.3 is 5.97 Å². The van der Waals surface area contributed by atoms with Gasteiger partial charge in [-0.1, -0.05) is 30.3 Å². The molecule has 4 heteroatoms. The lowest BCUT2D eigenvalue weighted by atomic mass is 9.92. The van der Waals surface area contributed by atoms with Crippen LogP contribution in [0.4, 0.5) is 0 Å². The highest BCUT2D eigenvalue weighted by Gasteiger charge is 2.55. The SMILES string of the molecule is O=C(O)[C@H]1CN(C(=O)C2(Cc3ccccc3)CC2)C[C@@H]1C1CC1. The third-order valence-corrected chi connectivity index (χ3v) is 5.89. The van der Waals surface area contributed by atoms with Gasteiger partial charge in [-0.3, -0.25) is 9.59 Å². The summed E-state index contributed by atoms with van der Waals surface area (Å²) < 4.78 is 0. The molecule has 122 valence electrons. The molecule has 2 atom stereocenters. The predicted octanol–water partition coefficient (Wildman–Crippen LogP) is 2.58. The third kappa shape index (κ3) is 2.75. The van der Waals surface area contributed by atoms with Gasteiger partial charge in [-0.25, -0.2) is 0 Å². The molecule has 1 aromatic rings. The Hall–Kier alpha value is -1.84. The highest BCUT2D eigenvalue weighted by Crippen LogP contribution is 2.52. The van der Waals surface area contributed by atoms with E-state index in [1.54, 1.807) is 0 Å². The summed E-state index contributed by atoms with van der Waals surface area (Å²) in [6, 6.07) is 10.2. The Balaban J connectivity index is 1.47. The van der Waals surface area contributed by atoms with Crippen LogP contribution in [0, 0.1) is 23.2 Å². The monoisotopic (exact) mass is 313 g/mol. The van der Waals surface area contributed by atoms with Gasteiger partial charge < -0.3 is 10.0 Å². The first-order valence-corrected chi connectivity index (χ1v) is 8.65. The molecule has 0 spiro atoms. The Morgan fingerprint density at radius 2 is 1.83 bits per heavy atom. The van der Waals surface area contributed by atoms with Crippen molar-refractivity contribution in [1.29, 1.82) is 0 Å². The quantitative estimate of drug-likeness (QED) is 0.909. The molecule has 1 amide bonds. The van der Waals surface area contributed by atoms with Crippen molar-refractivity contribution in [2.45, 2.75) is 32.1 Å². The maximum absolute atomic E-state index is 13.0. The number of carbonyl (C=O) groups is 2. The van der Waals surface area contributed by atoms with Crippen LogP contribution in [0.5, 0.6) is 0 Å². The van der Waals surface area contributed by atoms with Crippen LogP contribution in [0.2, 0.25) is 0 Å². The molecule has 1 aromatic carbocycles. The van der Waals surface area contributed by atoms with Crippen molar-refractivity contribution in [3.63, 3.8) is 0 Å². The number of likely N-dealkylation sites (tertiary alicyclic amines) is 1. The van der Waals surface area contributed by atoms with Crippen LogP contribution in [0.3, 0.4) is 0 Å². The van der Waals surface area contributed by atoms with Gasteiger partial charge in [0.05, 0.1) is 11.3 Å². The molecule has 4 rings (SSSR count). The second kappa shape index (κ2) is 5.36. The molecule has 0 radical (unpaired) electrons. The van der Waals surface area contributed by atoms with E-state index in [-0.39, 0.29) is 23.2 Å². The van der Waals surface area contributed by atoms with E-state index in [0.29, 0.717) is 19.0 Å². The third-order valence-electron chi connectivity index (χ3n) is 5.89. The molecule has 0 bridgehead atoms. The number of carboxylic acid groups (broad SMARTS) is 1. The number of carbonyl (C=O) groups excluding carboxylic acids is 1. The Morgan fingerprint density at radius 1 is 1.13 bits per heavy atom. The number of benzene rings is 1. The molecule has 3 aliphatic rings. The Morgan fingerprint density at radius 3 is 2.39 bits per heavy atom. The minimum atomic E-state index is -0.731. The van der Waals surface area contributed by atoms with E-state index in [4.69, 9.17) is 0 Å². The molecule has 4 nitrogen and oxygen atoms in total. The first-order valence-electron chi connectivity index (χ1n) is 8.65. The zero-order chi connectivity index (χ0) is 16.0. The minimum Gasteiger partial charge on any atom is -0.481 e. The van der Waals surface area contributed by atoms with Crippen molar-refractivity contribution in [3.05, 3.63) is 35.9 Å². The summed E-state index contributed by atoms with van der Waals surface area (Å²) in [5.74, 6) is -0.206. The first kappa shape index (κ1) is 14.7. The van der Waals surface area contributed by atoms with Crippen LogP contribution < -0.4 is 0 Å². The predicted molar refractivity (Wildman–Crippen MR) is 85.7 cm³/mol. The summed E-state index contributed by atoms with van der Waals surface area (Å²) >= 11 is 0. The van der Waals surface area contributed by atoms with Crippen LogP contribution >= 0.6 is 0 Å². The van der Waals surface area contributed by atoms with Gasteiger partial charge in [-0.05, 0) is 49.5 Å². The van der Waals surface area contributed by atoms with E-state index >= 15 is 0 Å². The van der Waals surface area contributed by atoms with Crippen LogP contribution in [-0.2, 0) is 16.0 Å². The van der Waals surface area contributed by atoms with Crippen molar-refractivity contribution >= 4 is 11.9 Å². The summed E-state index contributed by atoms with van der Waals surface area (Å²) in [7, 11) is 0. The largest absolute Gasteiger partial charge is 0.481 e. The van der Waals surface area contributed by atoms with E-state index in [1.165, 1.54) is 5.56 Å². The van der Waals surface area contributed by atoms with Crippen molar-refractivity contribution in [2.24, 2.45) is 23.2 Å². The van der Waals surface area contributed by atoms with Crippen LogP contribution in [0.1, 0.15) is 31.2 Å². The standard InChI is InChI=1S/C19H23NO3/c21-17(22)16-12-20(11-15(16)14-6-7-14)18(23)19(8-9-19)10-13-4-2-1-3-5-13/h1-5,14-16H,6-12H2,(H,21,22)/t15-,16+/m1/s1. The minimum absolute atomic E-state index is 0.170. The zero-order valence-corrected chi connectivity index (χ0v) is 13.3. The number of rotatable bonds is 5. The highest BCUT2D eigenvalue weighted by molar-refractivity contribution is 5.87. The van der Waals surface area contributed by atoms with Crippen molar-refractivity contribution in [3.8, 4) is 0 Å². The molecule has 0 aromatic heterocycles. The molecule has 3 fully saturated rings. The molecule has 0 unspecified atom stereocenters. The van der Waals surface area contributed by atoms with Crippen molar-refractivity contribution in [1.82, 2.24) is 4.90 Å². The van der Waals surface area contributed by atoms with Crippen LogP contribution in [0.25, 0.3) is 0 Å². The molecule has 1 N–H and O–H groups in total. The molecule has 1 saturated heterocycles. The van der Waals surface area contributed by atoms with Gasteiger partial charge in [0.1, 0.15) is 0 Å². The van der Waals surface area contributed by atoms with Crippen molar-refractivity contribution in [2.75, 3.05) is 13.1 Å². The fourth-order valence-electron chi connectivity index (χ4n) is 4.20. The number of hydrogen-bond donors (Lipinski definition) is 1. The van der Waals surface area contributed by atoms with Gasteiger partial charge in [-0.2, -0.15) is 0 Å².